The zero-order valence-corrected chi connectivity index (χ0v) is 13.7. The lowest BCUT2D eigenvalue weighted by atomic mass is 10.2. The number of hydrogen-bond acceptors (Lipinski definition) is 5. The second kappa shape index (κ2) is 7.74. The molecule has 1 aliphatic heterocycles. The van der Waals surface area contributed by atoms with E-state index in [-0.39, 0.29) is 6.03 Å². The number of methoxy groups -OCH3 is 1. The average Bonchev–Trinajstić information content (AvgIpc) is 2.64. The number of pyridine rings is 2. The number of hydrogen-bond donors (Lipinski definition) is 1. The van der Waals surface area contributed by atoms with Gasteiger partial charge < -0.3 is 15.0 Å². The molecule has 1 fully saturated rings. The van der Waals surface area contributed by atoms with E-state index in [4.69, 9.17) is 4.74 Å². The normalized spacial score (nSPS) is 15.1. The third kappa shape index (κ3) is 4.20. The molecule has 1 N–H and O–H groups in total. The van der Waals surface area contributed by atoms with Gasteiger partial charge in [0.15, 0.2) is 0 Å². The molecule has 0 aromatic carbocycles. The van der Waals surface area contributed by atoms with E-state index in [0.29, 0.717) is 24.7 Å². The number of nitrogens with one attached hydrogen (secondary N) is 1. The zero-order valence-electron chi connectivity index (χ0n) is 13.7. The quantitative estimate of drug-likeness (QED) is 0.928. The van der Waals surface area contributed by atoms with E-state index < -0.39 is 0 Å². The Hall–Kier alpha value is -2.67. The first-order valence-electron chi connectivity index (χ1n) is 7.92. The van der Waals surface area contributed by atoms with Gasteiger partial charge in [0, 0.05) is 51.2 Å². The van der Waals surface area contributed by atoms with Crippen LogP contribution in [-0.4, -0.2) is 59.1 Å². The van der Waals surface area contributed by atoms with Gasteiger partial charge in [0.1, 0.15) is 0 Å². The minimum absolute atomic E-state index is 0.0944. The van der Waals surface area contributed by atoms with E-state index >= 15 is 0 Å². The molecule has 2 aromatic heterocycles. The van der Waals surface area contributed by atoms with Crippen LogP contribution in [0.4, 0.5) is 10.5 Å². The number of ether oxygens (including phenoxy) is 1. The molecule has 126 valence electrons. The summed E-state index contributed by atoms with van der Waals surface area (Å²) < 4.78 is 5.01. The third-order valence-electron chi connectivity index (χ3n) is 3.99. The molecule has 0 saturated carbocycles. The van der Waals surface area contributed by atoms with Crippen molar-refractivity contribution >= 4 is 11.7 Å². The van der Waals surface area contributed by atoms with E-state index in [9.17, 15) is 4.79 Å². The fourth-order valence-electron chi connectivity index (χ4n) is 2.64. The van der Waals surface area contributed by atoms with Gasteiger partial charge in [-0.1, -0.05) is 6.07 Å². The van der Waals surface area contributed by atoms with Gasteiger partial charge in [-0.2, -0.15) is 0 Å². The van der Waals surface area contributed by atoms with E-state index in [0.717, 1.165) is 19.6 Å². The van der Waals surface area contributed by atoms with Crippen LogP contribution in [0.2, 0.25) is 0 Å². The summed E-state index contributed by atoms with van der Waals surface area (Å²) in [4.78, 5) is 24.7. The monoisotopic (exact) mass is 327 g/mol. The summed E-state index contributed by atoms with van der Waals surface area (Å²) in [5.41, 5.74) is 1.86. The Morgan fingerprint density at radius 3 is 2.67 bits per heavy atom. The number of rotatable bonds is 4. The number of urea groups is 1. The highest BCUT2D eigenvalue weighted by atomic mass is 16.5. The Balaban J connectivity index is 1.47. The Morgan fingerprint density at radius 2 is 2.04 bits per heavy atom. The second-order valence-corrected chi connectivity index (χ2v) is 5.64. The lowest BCUT2D eigenvalue weighted by Gasteiger charge is -2.34. The molecule has 0 aliphatic carbocycles. The fraction of sp³-hybridized carbons (Fsp3) is 0.353. The molecule has 0 bridgehead atoms. The first-order valence-corrected chi connectivity index (χ1v) is 7.92. The maximum atomic E-state index is 12.3. The number of piperazine rings is 1. The molecule has 1 aliphatic rings. The van der Waals surface area contributed by atoms with Gasteiger partial charge in [-0.15, -0.1) is 0 Å². The summed E-state index contributed by atoms with van der Waals surface area (Å²) in [5, 5.41) is 2.87. The molecule has 2 aromatic rings. The molecule has 3 heterocycles. The van der Waals surface area contributed by atoms with Crippen molar-refractivity contribution in [3.05, 3.63) is 48.4 Å². The summed E-state index contributed by atoms with van der Waals surface area (Å²) in [7, 11) is 1.56. The number of carbonyl (C=O) groups is 1. The molecule has 3 rings (SSSR count). The van der Waals surface area contributed by atoms with Crippen molar-refractivity contribution in [3.63, 3.8) is 0 Å². The Bertz CT molecular complexity index is 654. The van der Waals surface area contributed by atoms with Gasteiger partial charge in [-0.05, 0) is 17.7 Å². The summed E-state index contributed by atoms with van der Waals surface area (Å²) in [6.45, 7) is 3.98. The summed E-state index contributed by atoms with van der Waals surface area (Å²) in [6.07, 6.45) is 5.25. The summed E-state index contributed by atoms with van der Waals surface area (Å²) >= 11 is 0. The van der Waals surface area contributed by atoms with Crippen LogP contribution in [0.3, 0.4) is 0 Å². The van der Waals surface area contributed by atoms with Gasteiger partial charge >= 0.3 is 6.03 Å². The van der Waals surface area contributed by atoms with Crippen molar-refractivity contribution in [1.29, 1.82) is 0 Å². The van der Waals surface area contributed by atoms with Crippen LogP contribution in [0.15, 0.2) is 42.9 Å². The molecule has 24 heavy (non-hydrogen) atoms. The molecular weight excluding hydrogens is 306 g/mol. The van der Waals surface area contributed by atoms with Crippen molar-refractivity contribution < 1.29 is 9.53 Å². The standard InChI is InChI=1S/C17H21N5O2/c1-24-16-5-4-15(12-19-16)20-17(23)22-9-7-21(8-10-22)13-14-3-2-6-18-11-14/h2-6,11-12H,7-10,13H2,1H3,(H,20,23). The molecule has 1 saturated heterocycles. The predicted octanol–water partition coefficient (Wildman–Crippen LogP) is 1.83. The van der Waals surface area contributed by atoms with Crippen molar-refractivity contribution in [2.24, 2.45) is 0 Å². The molecule has 0 unspecified atom stereocenters. The first-order chi connectivity index (χ1) is 11.7. The number of carbonyl (C=O) groups excluding carboxylic acids is 1. The maximum Gasteiger partial charge on any atom is 0.321 e. The molecular formula is C17H21N5O2. The Labute approximate surface area is 141 Å². The molecule has 7 heteroatoms. The molecule has 0 atom stereocenters. The highest BCUT2D eigenvalue weighted by Crippen LogP contribution is 2.13. The summed E-state index contributed by atoms with van der Waals surface area (Å²) in [5.74, 6) is 0.525. The largest absolute Gasteiger partial charge is 0.481 e. The average molecular weight is 327 g/mol. The fourth-order valence-corrected chi connectivity index (χ4v) is 2.64. The highest BCUT2D eigenvalue weighted by Gasteiger charge is 2.21. The van der Waals surface area contributed by atoms with Gasteiger partial charge in [0.05, 0.1) is 19.0 Å². The lowest BCUT2D eigenvalue weighted by molar-refractivity contribution is 0.143. The predicted molar refractivity (Wildman–Crippen MR) is 90.9 cm³/mol. The van der Waals surface area contributed by atoms with E-state index in [1.165, 1.54) is 5.56 Å². The van der Waals surface area contributed by atoms with Gasteiger partial charge in [-0.3, -0.25) is 9.88 Å². The maximum absolute atomic E-state index is 12.3. The highest BCUT2D eigenvalue weighted by molar-refractivity contribution is 5.89. The number of aromatic nitrogens is 2. The van der Waals surface area contributed by atoms with Crippen molar-refractivity contribution in [2.75, 3.05) is 38.6 Å². The molecule has 0 radical (unpaired) electrons. The van der Waals surface area contributed by atoms with Crippen LogP contribution in [0.1, 0.15) is 5.56 Å². The van der Waals surface area contributed by atoms with Gasteiger partial charge in [-0.25, -0.2) is 9.78 Å². The third-order valence-corrected chi connectivity index (χ3v) is 3.99. The van der Waals surface area contributed by atoms with Gasteiger partial charge in [0.25, 0.3) is 0 Å². The lowest BCUT2D eigenvalue weighted by Crippen LogP contribution is -2.49. The van der Waals surface area contributed by atoms with E-state index in [1.54, 1.807) is 31.6 Å². The number of nitrogens with zero attached hydrogens (tertiary/aromatic N) is 4. The van der Waals surface area contributed by atoms with E-state index in [1.807, 2.05) is 17.2 Å². The van der Waals surface area contributed by atoms with Crippen LogP contribution in [0, 0.1) is 0 Å². The van der Waals surface area contributed by atoms with Crippen LogP contribution in [0.25, 0.3) is 0 Å². The topological polar surface area (TPSA) is 70.6 Å². The SMILES string of the molecule is COc1ccc(NC(=O)N2CCN(Cc3cccnc3)CC2)cn1. The minimum atomic E-state index is -0.0944. The van der Waals surface area contributed by atoms with Crippen molar-refractivity contribution in [2.45, 2.75) is 6.54 Å². The molecule has 0 spiro atoms. The second-order valence-electron chi connectivity index (χ2n) is 5.64. The summed E-state index contributed by atoms with van der Waals surface area (Å²) in [6, 6.07) is 7.43. The number of amides is 2. The van der Waals surface area contributed by atoms with Gasteiger partial charge in [0.2, 0.25) is 5.88 Å². The van der Waals surface area contributed by atoms with Crippen molar-refractivity contribution in [3.8, 4) is 5.88 Å². The zero-order chi connectivity index (χ0) is 16.8. The van der Waals surface area contributed by atoms with E-state index in [2.05, 4.69) is 26.3 Å². The molecule has 7 nitrogen and oxygen atoms in total. The van der Waals surface area contributed by atoms with Crippen LogP contribution in [-0.2, 0) is 6.54 Å². The van der Waals surface area contributed by atoms with Crippen LogP contribution >= 0.6 is 0 Å². The minimum Gasteiger partial charge on any atom is -0.481 e. The smallest absolute Gasteiger partial charge is 0.321 e. The molecule has 2 amide bonds. The first kappa shape index (κ1) is 16.2. The Kier molecular flexibility index (Phi) is 5.22. The van der Waals surface area contributed by atoms with Crippen LogP contribution in [0.5, 0.6) is 5.88 Å². The number of anilines is 1. The Morgan fingerprint density at radius 1 is 1.21 bits per heavy atom. The van der Waals surface area contributed by atoms with Crippen molar-refractivity contribution in [1.82, 2.24) is 19.8 Å². The van der Waals surface area contributed by atoms with Crippen LogP contribution < -0.4 is 10.1 Å².